The van der Waals surface area contributed by atoms with Gasteiger partial charge in [-0.1, -0.05) is 6.92 Å². The number of hydrogen-bond donors (Lipinski definition) is 0. The Morgan fingerprint density at radius 3 is 3.11 bits per heavy atom. The van der Waals surface area contributed by atoms with Crippen molar-refractivity contribution in [1.82, 2.24) is 4.90 Å². The molecule has 2 nitrogen and oxygen atoms in total. The van der Waals surface area contributed by atoms with Crippen LogP contribution in [0.1, 0.15) is 13.3 Å². The van der Waals surface area contributed by atoms with Crippen molar-refractivity contribution in [2.45, 2.75) is 13.3 Å². The van der Waals surface area contributed by atoms with Crippen LogP contribution in [0.4, 0.5) is 0 Å². The number of hydrogen-bond acceptors (Lipinski definition) is 2. The van der Waals surface area contributed by atoms with Crippen molar-refractivity contribution in [3.8, 4) is 0 Å². The lowest BCUT2D eigenvalue weighted by atomic mass is 10.4. The SMILES string of the molecule is CCCN1[CH]COCC1. The predicted molar refractivity (Wildman–Crippen MR) is 37.0 cm³/mol. The number of rotatable bonds is 2. The van der Waals surface area contributed by atoms with E-state index in [1.54, 1.807) is 0 Å². The first-order valence-corrected chi connectivity index (χ1v) is 3.58. The van der Waals surface area contributed by atoms with Gasteiger partial charge in [0, 0.05) is 6.54 Å². The molecule has 0 spiro atoms. The molecule has 0 aliphatic carbocycles. The average Bonchev–Trinajstić information content (AvgIpc) is 1.91. The van der Waals surface area contributed by atoms with E-state index in [2.05, 4.69) is 18.4 Å². The summed E-state index contributed by atoms with van der Waals surface area (Å²) in [4.78, 5) is 2.32. The lowest BCUT2D eigenvalue weighted by molar-refractivity contribution is 0.0680. The van der Waals surface area contributed by atoms with Crippen LogP contribution in [0.25, 0.3) is 0 Å². The predicted octanol–water partition coefficient (Wildman–Crippen LogP) is 0.890. The van der Waals surface area contributed by atoms with E-state index in [9.17, 15) is 0 Å². The van der Waals surface area contributed by atoms with Gasteiger partial charge in [0.2, 0.25) is 0 Å². The molecule has 1 aliphatic rings. The average molecular weight is 128 g/mol. The number of morpholine rings is 1. The highest BCUT2D eigenvalue weighted by molar-refractivity contribution is 4.71. The maximum Gasteiger partial charge on any atom is 0.0638 e. The van der Waals surface area contributed by atoms with E-state index in [4.69, 9.17) is 4.74 Å². The summed E-state index contributed by atoms with van der Waals surface area (Å²) in [5.74, 6) is 0. The number of ether oxygens (including phenoxy) is 1. The van der Waals surface area contributed by atoms with Gasteiger partial charge in [-0.25, -0.2) is 0 Å². The van der Waals surface area contributed by atoms with Crippen LogP contribution in [0.2, 0.25) is 0 Å². The summed E-state index contributed by atoms with van der Waals surface area (Å²) in [6.07, 6.45) is 1.23. The maximum absolute atomic E-state index is 5.15. The van der Waals surface area contributed by atoms with Crippen LogP contribution in [0.5, 0.6) is 0 Å². The Kier molecular flexibility index (Phi) is 3.01. The summed E-state index contributed by atoms with van der Waals surface area (Å²) in [5.41, 5.74) is 0. The third kappa shape index (κ3) is 2.33. The van der Waals surface area contributed by atoms with E-state index in [0.717, 1.165) is 19.8 Å². The molecule has 0 saturated carbocycles. The van der Waals surface area contributed by atoms with Crippen molar-refractivity contribution in [2.24, 2.45) is 0 Å². The molecule has 0 N–H and O–H groups in total. The van der Waals surface area contributed by atoms with Crippen molar-refractivity contribution < 1.29 is 4.74 Å². The minimum atomic E-state index is 0.806. The van der Waals surface area contributed by atoms with Crippen molar-refractivity contribution >= 4 is 0 Å². The second kappa shape index (κ2) is 3.85. The molecule has 0 bridgehead atoms. The van der Waals surface area contributed by atoms with Crippen LogP contribution in [-0.4, -0.2) is 31.2 Å². The van der Waals surface area contributed by atoms with E-state index >= 15 is 0 Å². The molecule has 1 saturated heterocycles. The Morgan fingerprint density at radius 2 is 2.56 bits per heavy atom. The monoisotopic (exact) mass is 128 g/mol. The molecule has 1 radical (unpaired) electrons. The zero-order chi connectivity index (χ0) is 6.53. The smallest absolute Gasteiger partial charge is 0.0638 e. The molecule has 1 fully saturated rings. The highest BCUT2D eigenvalue weighted by Crippen LogP contribution is 2.00. The van der Waals surface area contributed by atoms with Crippen LogP contribution in [-0.2, 0) is 4.74 Å². The van der Waals surface area contributed by atoms with Gasteiger partial charge in [-0.3, -0.25) is 4.90 Å². The Bertz CT molecular complexity index is 66.6. The van der Waals surface area contributed by atoms with Gasteiger partial charge in [-0.15, -0.1) is 0 Å². The van der Waals surface area contributed by atoms with E-state index in [0.29, 0.717) is 0 Å². The molecule has 1 heterocycles. The molecule has 2 heteroatoms. The molecule has 0 unspecified atom stereocenters. The second-order valence-corrected chi connectivity index (χ2v) is 2.29. The van der Waals surface area contributed by atoms with Crippen molar-refractivity contribution in [3.05, 3.63) is 6.54 Å². The van der Waals surface area contributed by atoms with E-state index in [-0.39, 0.29) is 0 Å². The third-order valence-corrected chi connectivity index (χ3v) is 1.48. The maximum atomic E-state index is 5.15. The molecule has 1 rings (SSSR count). The fraction of sp³-hybridized carbons (Fsp3) is 0.857. The van der Waals surface area contributed by atoms with Crippen LogP contribution < -0.4 is 0 Å². The van der Waals surface area contributed by atoms with Gasteiger partial charge in [0.15, 0.2) is 0 Å². The van der Waals surface area contributed by atoms with Crippen molar-refractivity contribution in [3.63, 3.8) is 0 Å². The minimum Gasteiger partial charge on any atom is -0.378 e. The second-order valence-electron chi connectivity index (χ2n) is 2.29. The summed E-state index contributed by atoms with van der Waals surface area (Å²) in [5, 5.41) is 0. The van der Waals surface area contributed by atoms with Gasteiger partial charge >= 0.3 is 0 Å². The van der Waals surface area contributed by atoms with Crippen LogP contribution >= 0.6 is 0 Å². The third-order valence-electron chi connectivity index (χ3n) is 1.48. The fourth-order valence-corrected chi connectivity index (χ4v) is 1.00. The molecule has 1 aliphatic heterocycles. The van der Waals surface area contributed by atoms with Gasteiger partial charge < -0.3 is 4.74 Å². The first-order chi connectivity index (χ1) is 4.43. The molecule has 53 valence electrons. The van der Waals surface area contributed by atoms with E-state index in [1.807, 2.05) is 0 Å². The first-order valence-electron chi connectivity index (χ1n) is 3.58. The fourth-order valence-electron chi connectivity index (χ4n) is 1.00. The Hall–Kier alpha value is -0.0800. The van der Waals surface area contributed by atoms with Gasteiger partial charge in [0.05, 0.1) is 19.8 Å². The highest BCUT2D eigenvalue weighted by atomic mass is 16.5. The zero-order valence-corrected chi connectivity index (χ0v) is 5.97. The first kappa shape index (κ1) is 7.03. The summed E-state index contributed by atoms with van der Waals surface area (Å²) >= 11 is 0. The normalized spacial score (nSPS) is 22.3. The molecule has 0 aromatic carbocycles. The summed E-state index contributed by atoms with van der Waals surface area (Å²) in [6, 6.07) is 0. The van der Waals surface area contributed by atoms with Crippen molar-refractivity contribution in [1.29, 1.82) is 0 Å². The van der Waals surface area contributed by atoms with Crippen LogP contribution in [0, 0.1) is 6.54 Å². The minimum absolute atomic E-state index is 0.806. The Balaban J connectivity index is 2.08. The van der Waals surface area contributed by atoms with E-state index < -0.39 is 0 Å². The lowest BCUT2D eigenvalue weighted by Crippen LogP contribution is -2.32. The molecule has 0 aromatic heterocycles. The number of nitrogens with zero attached hydrogens (tertiary/aromatic N) is 1. The van der Waals surface area contributed by atoms with Crippen LogP contribution in [0.3, 0.4) is 0 Å². The van der Waals surface area contributed by atoms with Gasteiger partial charge in [-0.2, -0.15) is 0 Å². The van der Waals surface area contributed by atoms with Gasteiger partial charge in [0.25, 0.3) is 0 Å². The summed E-state index contributed by atoms with van der Waals surface area (Å²) < 4.78 is 5.15. The lowest BCUT2D eigenvalue weighted by Gasteiger charge is -2.25. The van der Waals surface area contributed by atoms with E-state index in [1.165, 1.54) is 13.0 Å². The summed E-state index contributed by atoms with van der Waals surface area (Å²) in [7, 11) is 0. The van der Waals surface area contributed by atoms with Gasteiger partial charge in [-0.05, 0) is 13.0 Å². The molecule has 9 heavy (non-hydrogen) atoms. The zero-order valence-electron chi connectivity index (χ0n) is 5.97. The standard InChI is InChI=1S/C7H14NO/c1-2-3-8-4-6-9-7-5-8/h4H,2-3,5-7H2,1H3. The largest absolute Gasteiger partial charge is 0.378 e. The topological polar surface area (TPSA) is 12.5 Å². The highest BCUT2D eigenvalue weighted by Gasteiger charge is 2.07. The van der Waals surface area contributed by atoms with Gasteiger partial charge in [0.1, 0.15) is 0 Å². The quantitative estimate of drug-likeness (QED) is 0.547. The molecule has 0 amide bonds. The van der Waals surface area contributed by atoms with Crippen LogP contribution in [0.15, 0.2) is 0 Å². The molecular weight excluding hydrogens is 114 g/mol. The van der Waals surface area contributed by atoms with Crippen molar-refractivity contribution in [2.75, 3.05) is 26.3 Å². The molecule has 0 aromatic rings. The molecule has 0 atom stereocenters. The molecular formula is C7H14NO. The Morgan fingerprint density at radius 1 is 1.67 bits per heavy atom. The summed E-state index contributed by atoms with van der Waals surface area (Å²) in [6.45, 7) is 8.30. The Labute approximate surface area is 56.8 Å².